The van der Waals surface area contributed by atoms with Gasteiger partial charge in [0, 0.05) is 42.9 Å². The van der Waals surface area contributed by atoms with Crippen LogP contribution < -0.4 is 5.32 Å². The van der Waals surface area contributed by atoms with Crippen molar-refractivity contribution >= 4 is 23.5 Å². The Morgan fingerprint density at radius 1 is 0.891 bits per heavy atom. The minimum atomic E-state index is -1.75. The van der Waals surface area contributed by atoms with Gasteiger partial charge in [-0.05, 0) is 68.0 Å². The summed E-state index contributed by atoms with van der Waals surface area (Å²) < 4.78 is 43.5. The fourth-order valence-electron chi connectivity index (χ4n) is 9.87. The number of likely N-dealkylation sites (N-methyl/N-ethyl adjacent to an activating group) is 1. The predicted octanol–water partition coefficient (Wildman–Crippen LogP) is 0.736. The van der Waals surface area contributed by atoms with E-state index in [-0.39, 0.29) is 31.3 Å². The summed E-state index contributed by atoms with van der Waals surface area (Å²) in [5, 5.41) is 36.8. The molecular weight excluding hydrogens is 720 g/mol. The summed E-state index contributed by atoms with van der Waals surface area (Å²) >= 11 is 0. The van der Waals surface area contributed by atoms with E-state index in [1.807, 2.05) is 25.9 Å². The molecule has 0 spiro atoms. The maximum atomic E-state index is 15.0. The van der Waals surface area contributed by atoms with Gasteiger partial charge >= 0.3 is 11.9 Å². The molecule has 0 amide bonds. The lowest BCUT2D eigenvalue weighted by atomic mass is 9.62. The number of nitrogens with zero attached hydrogens (tertiary/aromatic N) is 1. The quantitative estimate of drug-likeness (QED) is 0.207. The number of methoxy groups -OCH3 is 1. The molecule has 5 aliphatic rings. The molecule has 55 heavy (non-hydrogen) atoms. The van der Waals surface area contributed by atoms with Crippen molar-refractivity contribution in [3.8, 4) is 0 Å². The van der Waals surface area contributed by atoms with Crippen molar-refractivity contribution in [2.45, 2.75) is 166 Å². The van der Waals surface area contributed by atoms with Crippen LogP contribution in [0.2, 0.25) is 0 Å². The van der Waals surface area contributed by atoms with Crippen LogP contribution in [-0.4, -0.2) is 156 Å². The third-order valence-electron chi connectivity index (χ3n) is 13.3. The molecule has 4 unspecified atom stereocenters. The van der Waals surface area contributed by atoms with Gasteiger partial charge in [-0.15, -0.1) is 0 Å². The zero-order chi connectivity index (χ0) is 41.1. The highest BCUT2D eigenvalue weighted by molar-refractivity contribution is 6.01. The second-order valence-electron chi connectivity index (χ2n) is 17.5. The van der Waals surface area contributed by atoms with E-state index in [4.69, 9.17) is 33.2 Å². The number of hydrogen-bond donors (Lipinski definition) is 4. The molecule has 16 heteroatoms. The molecule has 314 valence electrons. The number of carbonyl (C=O) groups excluding carboxylic acids is 4. The van der Waals surface area contributed by atoms with Crippen molar-refractivity contribution in [3.63, 3.8) is 0 Å². The molecule has 5 fully saturated rings. The molecule has 5 aliphatic heterocycles. The summed E-state index contributed by atoms with van der Waals surface area (Å²) in [7, 11) is 5.03. The van der Waals surface area contributed by atoms with Gasteiger partial charge in [-0.1, -0.05) is 27.7 Å². The molecule has 0 radical (unpaired) electrons. The van der Waals surface area contributed by atoms with E-state index in [9.17, 15) is 34.5 Å². The maximum Gasteiger partial charge on any atom is 0.324 e. The van der Waals surface area contributed by atoms with Crippen LogP contribution in [0.1, 0.15) is 81.6 Å². The maximum absolute atomic E-state index is 15.0. The van der Waals surface area contributed by atoms with Crippen LogP contribution in [0.4, 0.5) is 0 Å². The molecule has 0 aromatic carbocycles. The molecule has 5 heterocycles. The van der Waals surface area contributed by atoms with Crippen LogP contribution in [-0.2, 0) is 52.3 Å². The first-order chi connectivity index (χ1) is 25.6. The van der Waals surface area contributed by atoms with E-state index in [0.717, 1.165) is 0 Å². The number of cyclic esters (lactones) is 1. The average Bonchev–Trinajstić information content (AvgIpc) is 3.64. The molecule has 16 nitrogen and oxygen atoms in total. The largest absolute Gasteiger partial charge is 0.458 e. The number of hydrogen-bond acceptors (Lipinski definition) is 16. The van der Waals surface area contributed by atoms with Gasteiger partial charge in [-0.25, -0.2) is 0 Å². The van der Waals surface area contributed by atoms with Crippen molar-refractivity contribution in [1.29, 1.82) is 0 Å². The third-order valence-corrected chi connectivity index (χ3v) is 13.3. The van der Waals surface area contributed by atoms with Crippen molar-refractivity contribution in [2.24, 2.45) is 29.1 Å². The summed E-state index contributed by atoms with van der Waals surface area (Å²) in [6, 6.07) is -1.23. The number of ketones is 2. The van der Waals surface area contributed by atoms with Gasteiger partial charge in [0.25, 0.3) is 0 Å². The van der Waals surface area contributed by atoms with Crippen LogP contribution in [0.15, 0.2) is 0 Å². The molecule has 5 saturated heterocycles. The normalized spacial score (nSPS) is 50.0. The van der Waals surface area contributed by atoms with Crippen LogP contribution in [0, 0.1) is 29.1 Å². The van der Waals surface area contributed by atoms with Gasteiger partial charge in [-0.2, -0.15) is 0 Å². The lowest BCUT2D eigenvalue weighted by molar-refractivity contribution is -0.331. The molecule has 4 N–H and O–H groups in total. The molecule has 0 aromatic heterocycles. The number of aliphatic hydroxyl groups excluding tert-OH is 3. The number of esters is 2. The number of ether oxygens (including phenoxy) is 7. The highest BCUT2D eigenvalue weighted by Gasteiger charge is 2.69. The standard InChI is InChI=1S/C39H64N2O14/c1-13-23-39(9)30-24(34(48)55-39)40-16-37(30,7)31(46)17(2)15-38(8,49-12)32(54-36-28(45)22(41(10)11)14-18(3)50-36)29(26(43)20(5)33(47)52-23)53-35-27(44)19(4)25(42)21(6)51-35/h17-25,27-30,32,35-36,40,42,44-45H,13-16H2,1-12H3/t17-,18-,19+,20-,21-,22+,23-,24?,25+,27-,28-,29+,30?,32-,35?,36+,37?,38+,39-/m1/s1. The zero-order valence-electron chi connectivity index (χ0n) is 34.3. The number of carbonyl (C=O) groups is 4. The SMILES string of the molecule is CC[C@H]1OC(=O)[C@H](C)C(=O)[C@H](OC2O[C@H](C)[C@@H](O)[C@H](C)[C@H]2O)[C@@H](O[C@@H]2O[C@H](C)C[C@H](N(C)C)[C@H]2O)[C@@](C)(OC)C[C@@H](C)C(=O)C2(C)CNC3C(=O)O[C@@]1(C)C32. The van der Waals surface area contributed by atoms with Gasteiger partial charge in [0.1, 0.15) is 48.3 Å². The molecule has 0 bridgehead atoms. The first-order valence-corrected chi connectivity index (χ1v) is 19.7. The zero-order valence-corrected chi connectivity index (χ0v) is 34.3. The highest BCUT2D eigenvalue weighted by atomic mass is 16.7. The molecule has 0 saturated carbocycles. The number of Topliss-reactive ketones (excluding diaryl/α,β-unsaturated/α-hetero) is 2. The van der Waals surface area contributed by atoms with Crippen molar-refractivity contribution < 1.29 is 67.7 Å². The minimum absolute atomic E-state index is 0.0518. The Morgan fingerprint density at radius 2 is 1.53 bits per heavy atom. The van der Waals surface area contributed by atoms with Crippen molar-refractivity contribution in [3.05, 3.63) is 0 Å². The van der Waals surface area contributed by atoms with E-state index in [1.165, 1.54) is 14.0 Å². The van der Waals surface area contributed by atoms with Gasteiger partial charge < -0.3 is 58.7 Å². The lowest BCUT2D eigenvalue weighted by Gasteiger charge is -2.49. The monoisotopic (exact) mass is 784 g/mol. The van der Waals surface area contributed by atoms with Crippen LogP contribution in [0.5, 0.6) is 0 Å². The summed E-state index contributed by atoms with van der Waals surface area (Å²) in [5.41, 5.74) is -4.16. The van der Waals surface area contributed by atoms with Gasteiger partial charge in [0.15, 0.2) is 24.0 Å². The second kappa shape index (κ2) is 16.3. The van der Waals surface area contributed by atoms with Crippen LogP contribution in [0.25, 0.3) is 0 Å². The smallest absolute Gasteiger partial charge is 0.324 e. The Bertz CT molecular complexity index is 1450. The summed E-state index contributed by atoms with van der Waals surface area (Å²) in [6.07, 6.45) is -11.3. The van der Waals surface area contributed by atoms with E-state index >= 15 is 0 Å². The Morgan fingerprint density at radius 3 is 2.13 bits per heavy atom. The lowest BCUT2D eigenvalue weighted by Crippen LogP contribution is -2.63. The average molecular weight is 785 g/mol. The van der Waals surface area contributed by atoms with E-state index in [1.54, 1.807) is 48.5 Å². The fraction of sp³-hybridized carbons (Fsp3) is 0.897. The number of nitrogens with one attached hydrogen (secondary N) is 1. The summed E-state index contributed by atoms with van der Waals surface area (Å²) in [4.78, 5) is 59.2. The Balaban J connectivity index is 1.67. The van der Waals surface area contributed by atoms with Crippen molar-refractivity contribution in [2.75, 3.05) is 27.7 Å². The predicted molar refractivity (Wildman–Crippen MR) is 194 cm³/mol. The molecule has 0 aliphatic carbocycles. The number of aliphatic hydroxyl groups is 3. The number of rotatable bonds is 7. The Kier molecular flexibility index (Phi) is 13.0. The van der Waals surface area contributed by atoms with Crippen LogP contribution in [0.3, 0.4) is 0 Å². The summed E-state index contributed by atoms with van der Waals surface area (Å²) in [5.74, 6) is -6.28. The van der Waals surface area contributed by atoms with Gasteiger partial charge in [-0.3, -0.25) is 19.2 Å². The summed E-state index contributed by atoms with van der Waals surface area (Å²) in [6.45, 7) is 15.2. The van der Waals surface area contributed by atoms with Gasteiger partial charge in [0.05, 0.1) is 23.9 Å². The van der Waals surface area contributed by atoms with Crippen molar-refractivity contribution in [1.82, 2.24) is 10.2 Å². The van der Waals surface area contributed by atoms with E-state index in [2.05, 4.69) is 5.32 Å². The van der Waals surface area contributed by atoms with E-state index < -0.39 is 125 Å². The topological polar surface area (TPSA) is 209 Å². The Labute approximate surface area is 324 Å². The minimum Gasteiger partial charge on any atom is -0.458 e. The highest BCUT2D eigenvalue weighted by Crippen LogP contribution is 2.53. The molecule has 0 aromatic rings. The molecule has 19 atom stereocenters. The van der Waals surface area contributed by atoms with E-state index in [0.29, 0.717) is 6.42 Å². The second-order valence-corrected chi connectivity index (χ2v) is 17.5. The third kappa shape index (κ3) is 7.77. The fourth-order valence-corrected chi connectivity index (χ4v) is 9.87. The van der Waals surface area contributed by atoms with Crippen LogP contribution >= 0.6 is 0 Å². The van der Waals surface area contributed by atoms with Gasteiger partial charge in [0.2, 0.25) is 0 Å². The first-order valence-electron chi connectivity index (χ1n) is 19.7. The Hall–Kier alpha value is -2.12. The molecule has 5 rings (SSSR count). The first kappa shape index (κ1) is 44.0. The molecular formula is C39H64N2O14.